The van der Waals surface area contributed by atoms with E-state index in [0.29, 0.717) is 0 Å². The standard InChI is InChI=1S/C21H17F4N3O3/c1-12(19(29)27-15-5-2-13(11-26)17(22)10-15)18-20(30)28(8-9-31-18)16-6-3-14(4-7-16)21(23,24)25/h2-7,10,12,18H,8-9H2,1H3,(H,27,29). The monoisotopic (exact) mass is 435 g/mol. The Bertz CT molecular complexity index is 1030. The number of nitrogens with one attached hydrogen (secondary N) is 1. The summed E-state index contributed by atoms with van der Waals surface area (Å²) < 4.78 is 57.5. The number of benzene rings is 2. The molecule has 1 aliphatic heterocycles. The topological polar surface area (TPSA) is 82.4 Å². The summed E-state index contributed by atoms with van der Waals surface area (Å²) in [6.45, 7) is 1.66. The number of amides is 2. The van der Waals surface area contributed by atoms with E-state index in [9.17, 15) is 27.2 Å². The highest BCUT2D eigenvalue weighted by molar-refractivity contribution is 6.02. The van der Waals surface area contributed by atoms with Crippen LogP contribution in [0.5, 0.6) is 0 Å². The van der Waals surface area contributed by atoms with Gasteiger partial charge in [0.05, 0.1) is 23.7 Å². The van der Waals surface area contributed by atoms with Crippen molar-refractivity contribution in [3.8, 4) is 6.07 Å². The Morgan fingerprint density at radius 1 is 1.26 bits per heavy atom. The highest BCUT2D eigenvalue weighted by Crippen LogP contribution is 2.31. The van der Waals surface area contributed by atoms with Crippen LogP contribution in [0.15, 0.2) is 42.5 Å². The number of morpholine rings is 1. The number of halogens is 4. The van der Waals surface area contributed by atoms with Gasteiger partial charge in [-0.3, -0.25) is 9.59 Å². The normalized spacial score (nSPS) is 17.7. The molecule has 10 heteroatoms. The first-order chi connectivity index (χ1) is 14.6. The number of rotatable bonds is 4. The summed E-state index contributed by atoms with van der Waals surface area (Å²) in [4.78, 5) is 26.7. The minimum absolute atomic E-state index is 0.0839. The van der Waals surface area contributed by atoms with Crippen LogP contribution < -0.4 is 10.2 Å². The maximum Gasteiger partial charge on any atom is 0.416 e. The van der Waals surface area contributed by atoms with Crippen LogP contribution >= 0.6 is 0 Å². The molecule has 2 aromatic rings. The first-order valence-corrected chi connectivity index (χ1v) is 9.22. The third kappa shape index (κ3) is 4.83. The molecule has 2 amide bonds. The molecule has 1 heterocycles. The number of ether oxygens (including phenoxy) is 1. The Kier molecular flexibility index (Phi) is 6.27. The average Bonchev–Trinajstić information content (AvgIpc) is 2.73. The van der Waals surface area contributed by atoms with Gasteiger partial charge in [0.25, 0.3) is 5.91 Å². The zero-order valence-electron chi connectivity index (χ0n) is 16.2. The fourth-order valence-electron chi connectivity index (χ4n) is 3.13. The van der Waals surface area contributed by atoms with E-state index in [2.05, 4.69) is 5.32 Å². The molecule has 2 aromatic carbocycles. The van der Waals surface area contributed by atoms with Crippen molar-refractivity contribution in [2.75, 3.05) is 23.4 Å². The van der Waals surface area contributed by atoms with Crippen LogP contribution in [0.25, 0.3) is 0 Å². The van der Waals surface area contributed by atoms with Crippen LogP contribution in [0, 0.1) is 23.1 Å². The fraction of sp³-hybridized carbons (Fsp3) is 0.286. The predicted octanol–water partition coefficient (Wildman–Crippen LogP) is 3.72. The van der Waals surface area contributed by atoms with Gasteiger partial charge in [0, 0.05) is 17.9 Å². The van der Waals surface area contributed by atoms with Gasteiger partial charge in [-0.05, 0) is 42.5 Å². The lowest BCUT2D eigenvalue weighted by Gasteiger charge is -2.34. The first kappa shape index (κ1) is 22.2. The Labute approximate surface area is 175 Å². The van der Waals surface area contributed by atoms with Crippen molar-refractivity contribution in [2.45, 2.75) is 19.2 Å². The number of carbonyl (C=O) groups is 2. The van der Waals surface area contributed by atoms with Crippen molar-refractivity contribution >= 4 is 23.2 Å². The minimum atomic E-state index is -4.49. The molecule has 31 heavy (non-hydrogen) atoms. The van der Waals surface area contributed by atoms with Crippen LogP contribution in [-0.4, -0.2) is 31.1 Å². The van der Waals surface area contributed by atoms with Crippen LogP contribution in [0.3, 0.4) is 0 Å². The molecule has 0 spiro atoms. The molecule has 0 bridgehead atoms. The van der Waals surface area contributed by atoms with Crippen molar-refractivity contribution in [2.24, 2.45) is 5.92 Å². The number of anilines is 2. The molecule has 1 fully saturated rings. The quantitative estimate of drug-likeness (QED) is 0.743. The maximum atomic E-state index is 13.7. The highest BCUT2D eigenvalue weighted by Gasteiger charge is 2.38. The summed E-state index contributed by atoms with van der Waals surface area (Å²) in [6.07, 6.45) is -5.66. The largest absolute Gasteiger partial charge is 0.416 e. The van der Waals surface area contributed by atoms with E-state index in [-0.39, 0.29) is 30.1 Å². The molecule has 0 saturated carbocycles. The van der Waals surface area contributed by atoms with Gasteiger partial charge >= 0.3 is 6.18 Å². The Morgan fingerprint density at radius 3 is 2.52 bits per heavy atom. The molecular formula is C21H17F4N3O3. The third-order valence-corrected chi connectivity index (χ3v) is 4.85. The van der Waals surface area contributed by atoms with Gasteiger partial charge in [0.1, 0.15) is 18.0 Å². The molecule has 0 radical (unpaired) electrons. The minimum Gasteiger partial charge on any atom is -0.366 e. The van der Waals surface area contributed by atoms with E-state index in [4.69, 9.17) is 10.00 Å². The zero-order chi connectivity index (χ0) is 22.8. The molecule has 1 aliphatic rings. The summed E-state index contributed by atoms with van der Waals surface area (Å²) in [6, 6.07) is 9.35. The lowest BCUT2D eigenvalue weighted by Crippen LogP contribution is -2.52. The van der Waals surface area contributed by atoms with E-state index < -0.39 is 41.4 Å². The lowest BCUT2D eigenvalue weighted by molar-refractivity contribution is -0.143. The van der Waals surface area contributed by atoms with E-state index >= 15 is 0 Å². The SMILES string of the molecule is CC(C(=O)Nc1ccc(C#N)c(F)c1)C1OCCN(c2ccc(C(F)(F)F)cc2)C1=O. The van der Waals surface area contributed by atoms with Gasteiger partial charge in [-0.2, -0.15) is 18.4 Å². The molecule has 0 aliphatic carbocycles. The molecule has 2 unspecified atom stereocenters. The molecular weight excluding hydrogens is 418 g/mol. The Hall–Kier alpha value is -3.45. The van der Waals surface area contributed by atoms with Gasteiger partial charge in [-0.1, -0.05) is 6.92 Å². The summed E-state index contributed by atoms with van der Waals surface area (Å²) in [5.41, 5.74) is -0.649. The lowest BCUT2D eigenvalue weighted by atomic mass is 10.0. The number of hydrogen-bond acceptors (Lipinski definition) is 4. The molecule has 3 rings (SSSR count). The molecule has 6 nitrogen and oxygen atoms in total. The van der Waals surface area contributed by atoms with Crippen molar-refractivity contribution in [3.63, 3.8) is 0 Å². The van der Waals surface area contributed by atoms with E-state index in [1.54, 1.807) is 6.07 Å². The van der Waals surface area contributed by atoms with Gasteiger partial charge < -0.3 is 15.0 Å². The van der Waals surface area contributed by atoms with E-state index in [1.807, 2.05) is 0 Å². The number of nitrogens with zero attached hydrogens (tertiary/aromatic N) is 2. The number of carbonyl (C=O) groups excluding carboxylic acids is 2. The number of nitriles is 1. The number of alkyl halides is 3. The van der Waals surface area contributed by atoms with Crippen molar-refractivity contribution in [1.82, 2.24) is 0 Å². The summed E-state index contributed by atoms with van der Waals surface area (Å²) in [5, 5.41) is 11.2. The fourth-order valence-corrected chi connectivity index (χ4v) is 3.13. The smallest absolute Gasteiger partial charge is 0.366 e. The summed E-state index contributed by atoms with van der Waals surface area (Å²) >= 11 is 0. The summed E-state index contributed by atoms with van der Waals surface area (Å²) in [7, 11) is 0. The van der Waals surface area contributed by atoms with Crippen LogP contribution in [0.2, 0.25) is 0 Å². The van der Waals surface area contributed by atoms with Crippen molar-refractivity contribution in [3.05, 3.63) is 59.4 Å². The van der Waals surface area contributed by atoms with E-state index in [0.717, 1.165) is 18.2 Å². The average molecular weight is 435 g/mol. The van der Waals surface area contributed by atoms with Gasteiger partial charge in [0.15, 0.2) is 0 Å². The molecule has 2 atom stereocenters. The second-order valence-electron chi connectivity index (χ2n) is 6.91. The number of hydrogen-bond donors (Lipinski definition) is 1. The van der Waals surface area contributed by atoms with Crippen LogP contribution in [-0.2, 0) is 20.5 Å². The molecule has 0 aromatic heterocycles. The predicted molar refractivity (Wildman–Crippen MR) is 102 cm³/mol. The molecule has 1 N–H and O–H groups in total. The van der Waals surface area contributed by atoms with Crippen molar-refractivity contribution in [1.29, 1.82) is 5.26 Å². The molecule has 162 valence electrons. The van der Waals surface area contributed by atoms with Crippen molar-refractivity contribution < 1.29 is 31.9 Å². The Balaban J connectivity index is 1.72. The van der Waals surface area contributed by atoms with Crippen LogP contribution in [0.1, 0.15) is 18.1 Å². The van der Waals surface area contributed by atoms with Gasteiger partial charge in [0.2, 0.25) is 5.91 Å². The first-order valence-electron chi connectivity index (χ1n) is 9.22. The van der Waals surface area contributed by atoms with Crippen LogP contribution in [0.4, 0.5) is 28.9 Å². The summed E-state index contributed by atoms with van der Waals surface area (Å²) in [5.74, 6) is -2.95. The maximum absolute atomic E-state index is 13.7. The third-order valence-electron chi connectivity index (χ3n) is 4.85. The second kappa shape index (κ2) is 8.73. The Morgan fingerprint density at radius 2 is 1.94 bits per heavy atom. The zero-order valence-corrected chi connectivity index (χ0v) is 16.2. The van der Waals surface area contributed by atoms with Gasteiger partial charge in [-0.25, -0.2) is 4.39 Å². The van der Waals surface area contributed by atoms with Gasteiger partial charge in [-0.15, -0.1) is 0 Å². The second-order valence-corrected chi connectivity index (χ2v) is 6.91. The van der Waals surface area contributed by atoms with E-state index in [1.165, 1.54) is 36.1 Å². The molecule has 1 saturated heterocycles. The highest BCUT2D eigenvalue weighted by atomic mass is 19.4.